The van der Waals surface area contributed by atoms with Gasteiger partial charge < -0.3 is 19.8 Å². The lowest BCUT2D eigenvalue weighted by molar-refractivity contribution is -0.123. The van der Waals surface area contributed by atoms with Gasteiger partial charge in [0, 0.05) is 21.8 Å². The predicted octanol–water partition coefficient (Wildman–Crippen LogP) is 4.38. The number of carbonyl (C=O) groups is 3. The first-order valence-electron chi connectivity index (χ1n) is 11.6. The third-order valence-electron chi connectivity index (χ3n) is 6.09. The Labute approximate surface area is 206 Å². The number of hydrogen-bond donors (Lipinski definition) is 2. The van der Waals surface area contributed by atoms with E-state index < -0.39 is 23.9 Å². The number of benzene rings is 1. The number of ether oxygens (including phenoxy) is 2. The molecule has 2 aromatic heterocycles. The van der Waals surface area contributed by atoms with Crippen molar-refractivity contribution in [2.75, 3.05) is 11.9 Å². The van der Waals surface area contributed by atoms with Crippen LogP contribution in [0.25, 0.3) is 10.9 Å². The minimum Gasteiger partial charge on any atom is -0.462 e. The Balaban J connectivity index is 1.52. The van der Waals surface area contributed by atoms with E-state index >= 15 is 0 Å². The number of aromatic amines is 1. The smallest absolute Gasteiger partial charge is 0.355 e. The largest absolute Gasteiger partial charge is 0.462 e. The van der Waals surface area contributed by atoms with Gasteiger partial charge in [-0.1, -0.05) is 18.6 Å². The van der Waals surface area contributed by atoms with Crippen LogP contribution in [0.15, 0.2) is 29.1 Å². The molecule has 184 valence electrons. The number of aryl methyl sites for hydroxylation is 1. The average molecular weight is 497 g/mol. The normalized spacial score (nSPS) is 15.8. The molecule has 2 heterocycles. The molecule has 1 aromatic carbocycles. The molecule has 1 aliphatic rings. The van der Waals surface area contributed by atoms with Crippen LogP contribution in [-0.2, 0) is 27.1 Å². The molecular weight excluding hydrogens is 468 g/mol. The van der Waals surface area contributed by atoms with E-state index in [4.69, 9.17) is 9.47 Å². The maximum atomic E-state index is 12.9. The summed E-state index contributed by atoms with van der Waals surface area (Å²) in [6.07, 6.45) is 1.38. The van der Waals surface area contributed by atoms with Crippen LogP contribution < -0.4 is 10.7 Å². The quantitative estimate of drug-likeness (QED) is 0.490. The maximum Gasteiger partial charge on any atom is 0.355 e. The first kappa shape index (κ1) is 24.7. The molecule has 0 bridgehead atoms. The van der Waals surface area contributed by atoms with Gasteiger partial charge in [0.05, 0.1) is 12.2 Å². The zero-order valence-electron chi connectivity index (χ0n) is 20.2. The molecule has 8 nitrogen and oxygen atoms in total. The maximum absolute atomic E-state index is 12.9. The second kappa shape index (κ2) is 10.0. The van der Waals surface area contributed by atoms with Gasteiger partial charge in [0.15, 0.2) is 11.5 Å². The van der Waals surface area contributed by atoms with Crippen molar-refractivity contribution in [3.8, 4) is 0 Å². The molecule has 4 rings (SSSR count). The van der Waals surface area contributed by atoms with E-state index in [2.05, 4.69) is 17.2 Å². The minimum absolute atomic E-state index is 0.0428. The molecule has 1 aliphatic carbocycles. The molecule has 35 heavy (non-hydrogen) atoms. The van der Waals surface area contributed by atoms with Gasteiger partial charge in [-0.3, -0.25) is 9.59 Å². The lowest BCUT2D eigenvalue weighted by atomic mass is 9.88. The molecule has 0 aliphatic heterocycles. The van der Waals surface area contributed by atoms with Gasteiger partial charge in [-0.25, -0.2) is 9.59 Å². The predicted molar refractivity (Wildman–Crippen MR) is 134 cm³/mol. The van der Waals surface area contributed by atoms with Gasteiger partial charge >= 0.3 is 11.9 Å². The number of rotatable bonds is 6. The van der Waals surface area contributed by atoms with Crippen LogP contribution in [0.1, 0.15) is 64.0 Å². The zero-order valence-corrected chi connectivity index (χ0v) is 21.0. The highest BCUT2D eigenvalue weighted by Gasteiger charge is 2.30. The molecule has 9 heteroatoms. The molecule has 0 radical (unpaired) electrons. The Morgan fingerprint density at radius 3 is 2.74 bits per heavy atom. The van der Waals surface area contributed by atoms with E-state index in [1.54, 1.807) is 19.1 Å². The molecule has 0 saturated carbocycles. The Hall–Kier alpha value is -3.46. The number of esters is 2. The molecular formula is C26H28N2O6S. The third kappa shape index (κ3) is 5.14. The SMILES string of the molecule is CCOC(=O)c1c(NC(=O)C(C)OC(=O)c2cc(=O)c3cc(C)ccc3[nH]2)sc2c1CCC(C)C2. The fraction of sp³-hybridized carbons (Fsp3) is 0.385. The van der Waals surface area contributed by atoms with Crippen molar-refractivity contribution in [2.45, 2.75) is 53.1 Å². The van der Waals surface area contributed by atoms with Gasteiger partial charge in [-0.15, -0.1) is 11.3 Å². The van der Waals surface area contributed by atoms with Gasteiger partial charge in [0.1, 0.15) is 10.7 Å². The second-order valence-corrected chi connectivity index (χ2v) is 10.0. The molecule has 0 fully saturated rings. The third-order valence-corrected chi connectivity index (χ3v) is 7.26. The van der Waals surface area contributed by atoms with Crippen molar-refractivity contribution in [2.24, 2.45) is 5.92 Å². The first-order chi connectivity index (χ1) is 16.7. The van der Waals surface area contributed by atoms with Gasteiger partial charge in [-0.2, -0.15) is 0 Å². The number of pyridine rings is 1. The number of H-pyrrole nitrogens is 1. The van der Waals surface area contributed by atoms with E-state index in [0.29, 0.717) is 27.4 Å². The van der Waals surface area contributed by atoms with Crippen LogP contribution in [0.4, 0.5) is 5.00 Å². The number of aromatic nitrogens is 1. The number of fused-ring (bicyclic) bond motifs is 2. The van der Waals surface area contributed by atoms with Crippen LogP contribution in [0.3, 0.4) is 0 Å². The van der Waals surface area contributed by atoms with Crippen molar-refractivity contribution in [3.63, 3.8) is 0 Å². The monoisotopic (exact) mass is 496 g/mol. The van der Waals surface area contributed by atoms with Crippen molar-refractivity contribution in [1.29, 1.82) is 0 Å². The molecule has 0 spiro atoms. The van der Waals surface area contributed by atoms with E-state index in [0.717, 1.165) is 35.3 Å². The molecule has 2 unspecified atom stereocenters. The van der Waals surface area contributed by atoms with E-state index in [-0.39, 0.29) is 17.7 Å². The van der Waals surface area contributed by atoms with E-state index in [9.17, 15) is 19.2 Å². The Bertz CT molecular complexity index is 1370. The van der Waals surface area contributed by atoms with Crippen LogP contribution in [-0.4, -0.2) is 35.5 Å². The summed E-state index contributed by atoms with van der Waals surface area (Å²) < 4.78 is 10.6. The average Bonchev–Trinajstić information content (AvgIpc) is 3.16. The summed E-state index contributed by atoms with van der Waals surface area (Å²) in [4.78, 5) is 54.7. The molecule has 3 aromatic rings. The Morgan fingerprint density at radius 1 is 1.23 bits per heavy atom. The van der Waals surface area contributed by atoms with Crippen molar-refractivity contribution >= 4 is 45.1 Å². The van der Waals surface area contributed by atoms with Crippen LogP contribution in [0.2, 0.25) is 0 Å². The summed E-state index contributed by atoms with van der Waals surface area (Å²) in [6.45, 7) is 7.43. The fourth-order valence-electron chi connectivity index (χ4n) is 4.22. The van der Waals surface area contributed by atoms with E-state index in [1.165, 1.54) is 24.3 Å². The second-order valence-electron chi connectivity index (χ2n) is 8.91. The Morgan fingerprint density at radius 2 is 2.00 bits per heavy atom. The number of nitrogens with one attached hydrogen (secondary N) is 2. The highest BCUT2D eigenvalue weighted by Crippen LogP contribution is 2.40. The molecule has 1 amide bonds. The number of thiophene rings is 1. The van der Waals surface area contributed by atoms with Crippen molar-refractivity contribution in [3.05, 3.63) is 61.8 Å². The van der Waals surface area contributed by atoms with E-state index in [1.807, 2.05) is 13.0 Å². The lowest BCUT2D eigenvalue weighted by Crippen LogP contribution is -2.31. The summed E-state index contributed by atoms with van der Waals surface area (Å²) >= 11 is 1.36. The summed E-state index contributed by atoms with van der Waals surface area (Å²) in [5, 5.41) is 3.63. The summed E-state index contributed by atoms with van der Waals surface area (Å²) in [5.74, 6) is -1.37. The fourth-order valence-corrected chi connectivity index (χ4v) is 5.62. The van der Waals surface area contributed by atoms with Gasteiger partial charge in [-0.05, 0) is 63.6 Å². The van der Waals surface area contributed by atoms with Crippen molar-refractivity contribution < 1.29 is 23.9 Å². The standard InChI is InChI=1S/C26H28N2O6S/c1-5-33-26(32)22-16-8-6-14(3)11-21(16)35-24(22)28-23(30)15(4)34-25(31)19-12-20(29)17-10-13(2)7-9-18(17)27-19/h7,9-10,12,14-15H,5-6,8,11H2,1-4H3,(H,27,29)(H,28,30). The Kier molecular flexibility index (Phi) is 7.07. The number of carbonyl (C=O) groups excluding carboxylic acids is 3. The van der Waals surface area contributed by atoms with Gasteiger partial charge in [0.25, 0.3) is 5.91 Å². The number of anilines is 1. The highest BCUT2D eigenvalue weighted by atomic mass is 32.1. The summed E-state index contributed by atoms with van der Waals surface area (Å²) in [5.41, 5.74) is 2.39. The zero-order chi connectivity index (χ0) is 25.3. The molecule has 2 atom stereocenters. The summed E-state index contributed by atoms with van der Waals surface area (Å²) in [6, 6.07) is 6.45. The minimum atomic E-state index is -1.16. The van der Waals surface area contributed by atoms with Crippen LogP contribution >= 0.6 is 11.3 Å². The first-order valence-corrected chi connectivity index (χ1v) is 12.5. The number of hydrogen-bond acceptors (Lipinski definition) is 7. The lowest BCUT2D eigenvalue weighted by Gasteiger charge is -2.18. The molecule has 2 N–H and O–H groups in total. The number of amides is 1. The van der Waals surface area contributed by atoms with Crippen molar-refractivity contribution in [1.82, 2.24) is 4.98 Å². The van der Waals surface area contributed by atoms with Crippen LogP contribution in [0, 0.1) is 12.8 Å². The van der Waals surface area contributed by atoms with Crippen LogP contribution in [0.5, 0.6) is 0 Å². The summed E-state index contributed by atoms with van der Waals surface area (Å²) in [7, 11) is 0. The highest BCUT2D eigenvalue weighted by molar-refractivity contribution is 7.17. The molecule has 0 saturated heterocycles. The van der Waals surface area contributed by atoms with Gasteiger partial charge in [0.2, 0.25) is 0 Å². The topological polar surface area (TPSA) is 115 Å².